The first-order valence-corrected chi connectivity index (χ1v) is 9.13. The highest BCUT2D eigenvalue weighted by Gasteiger charge is 2.42. The molecule has 0 amide bonds. The van der Waals surface area contributed by atoms with Crippen molar-refractivity contribution in [2.24, 2.45) is 0 Å². The van der Waals surface area contributed by atoms with Crippen molar-refractivity contribution in [3.05, 3.63) is 60.2 Å². The second-order valence-corrected chi connectivity index (χ2v) is 7.54. The fraction of sp³-hybridized carbons (Fsp3) is 0.294. The van der Waals surface area contributed by atoms with E-state index in [1.165, 1.54) is 0 Å². The number of nitrogens with zero attached hydrogens (tertiary/aromatic N) is 2. The van der Waals surface area contributed by atoms with E-state index in [4.69, 9.17) is 0 Å². The van der Waals surface area contributed by atoms with Crippen LogP contribution in [0.4, 0.5) is 11.4 Å². The summed E-state index contributed by atoms with van der Waals surface area (Å²) in [6.07, 6.45) is 0.776. The van der Waals surface area contributed by atoms with E-state index in [1.807, 2.05) is 61.6 Å². The van der Waals surface area contributed by atoms with Crippen LogP contribution in [-0.4, -0.2) is 29.7 Å². The van der Waals surface area contributed by atoms with Gasteiger partial charge in [0.05, 0.1) is 17.4 Å². The van der Waals surface area contributed by atoms with Crippen LogP contribution < -0.4 is 13.9 Å². The molecule has 0 radical (unpaired) electrons. The zero-order chi connectivity index (χ0) is 16.4. The normalized spacial score (nSPS) is 18.6. The van der Waals surface area contributed by atoms with Crippen molar-refractivity contribution in [3.63, 3.8) is 0 Å². The van der Waals surface area contributed by atoms with Crippen molar-refractivity contribution < 1.29 is 9.11 Å². The summed E-state index contributed by atoms with van der Waals surface area (Å²) in [5.41, 5.74) is 2.78. The number of benzene rings is 2. The molecule has 0 bridgehead atoms. The Morgan fingerprint density at radius 2 is 1.61 bits per heavy atom. The smallest absolute Gasteiger partial charge is 0.0844 e. The largest absolute Gasteiger partial charge is 0.320 e. The van der Waals surface area contributed by atoms with Crippen LogP contribution in [0.5, 0.6) is 0 Å². The van der Waals surface area contributed by atoms with Gasteiger partial charge in [0.2, 0.25) is 0 Å². The van der Waals surface area contributed by atoms with Crippen molar-refractivity contribution in [1.82, 2.24) is 5.32 Å². The molecule has 2 aromatic carbocycles. The molecule has 5 nitrogen and oxygen atoms in total. The third kappa shape index (κ3) is 2.79. The molecular formula is C17H23N3O2S. The van der Waals surface area contributed by atoms with Gasteiger partial charge in [-0.15, -0.1) is 0 Å². The van der Waals surface area contributed by atoms with Crippen molar-refractivity contribution in [2.75, 3.05) is 29.3 Å². The van der Waals surface area contributed by atoms with E-state index < -0.39 is 11.0 Å². The summed E-state index contributed by atoms with van der Waals surface area (Å²) in [6.45, 7) is 0.789. The quantitative estimate of drug-likeness (QED) is 0.775. The third-order valence-electron chi connectivity index (χ3n) is 4.22. The zero-order valence-corrected chi connectivity index (χ0v) is 14.2. The Bertz CT molecular complexity index is 666. The Kier molecular flexibility index (Phi) is 4.50. The molecule has 2 aromatic rings. The van der Waals surface area contributed by atoms with Crippen LogP contribution in [0.1, 0.15) is 18.0 Å². The van der Waals surface area contributed by atoms with E-state index in [0.717, 1.165) is 29.9 Å². The van der Waals surface area contributed by atoms with Crippen LogP contribution in [-0.2, 0) is 0 Å². The molecule has 23 heavy (non-hydrogen) atoms. The first-order chi connectivity index (χ1) is 11.1. The Morgan fingerprint density at radius 3 is 2.26 bits per heavy atom. The van der Waals surface area contributed by atoms with E-state index in [2.05, 4.69) is 5.32 Å². The summed E-state index contributed by atoms with van der Waals surface area (Å²) < 4.78 is 25.0. The zero-order valence-electron chi connectivity index (χ0n) is 13.4. The van der Waals surface area contributed by atoms with E-state index in [9.17, 15) is 9.11 Å². The van der Waals surface area contributed by atoms with Crippen LogP contribution in [0.2, 0.25) is 0 Å². The molecule has 1 heterocycles. The second-order valence-electron chi connectivity index (χ2n) is 5.62. The topological polar surface area (TPSA) is 59.0 Å². The maximum Gasteiger partial charge on any atom is 0.0844 e. The molecule has 6 heteroatoms. The molecule has 0 saturated heterocycles. The lowest BCUT2D eigenvalue weighted by Crippen LogP contribution is -2.35. The van der Waals surface area contributed by atoms with Gasteiger partial charge in [-0.3, -0.25) is 13.4 Å². The number of para-hydroxylation sites is 2. The van der Waals surface area contributed by atoms with Crippen LogP contribution >= 0.6 is 11.0 Å². The minimum Gasteiger partial charge on any atom is -0.320 e. The Labute approximate surface area is 139 Å². The number of hydrogen-bond donors (Lipinski definition) is 3. The highest BCUT2D eigenvalue weighted by Crippen LogP contribution is 2.63. The van der Waals surface area contributed by atoms with E-state index in [-0.39, 0.29) is 6.04 Å². The SMILES string of the molecule is CNCC[C@@H](c1ccccc1)N1c2ccccc2N(C)S1(O)O. The van der Waals surface area contributed by atoms with Gasteiger partial charge in [0.25, 0.3) is 0 Å². The molecule has 0 spiro atoms. The maximum atomic E-state index is 10.8. The monoisotopic (exact) mass is 333 g/mol. The summed E-state index contributed by atoms with van der Waals surface area (Å²) in [5, 5.41) is 3.16. The van der Waals surface area contributed by atoms with Gasteiger partial charge >= 0.3 is 0 Å². The molecule has 0 aliphatic carbocycles. The Morgan fingerprint density at radius 1 is 1.00 bits per heavy atom. The third-order valence-corrected chi connectivity index (χ3v) is 6.14. The number of anilines is 2. The average molecular weight is 333 g/mol. The fourth-order valence-corrected chi connectivity index (χ4v) is 4.70. The second kappa shape index (κ2) is 6.41. The van der Waals surface area contributed by atoms with Crippen LogP contribution in [0.3, 0.4) is 0 Å². The molecular weight excluding hydrogens is 310 g/mol. The van der Waals surface area contributed by atoms with Gasteiger partial charge in [-0.25, -0.2) is 4.31 Å². The molecule has 0 unspecified atom stereocenters. The predicted octanol–water partition coefficient (Wildman–Crippen LogP) is 3.87. The lowest BCUT2D eigenvalue weighted by atomic mass is 10.0. The van der Waals surface area contributed by atoms with E-state index in [0.29, 0.717) is 0 Å². The predicted molar refractivity (Wildman–Crippen MR) is 97.9 cm³/mol. The number of hydrogen-bond acceptors (Lipinski definition) is 5. The lowest BCUT2D eigenvalue weighted by molar-refractivity contribution is 0.469. The minimum absolute atomic E-state index is 0.111. The standard InChI is InChI=1S/C17H23N3O2S/c1-18-13-12-15(14-8-4-3-5-9-14)20-17-11-7-6-10-16(17)19(2)23(20,21)22/h3-11,15,18,21-22H,12-13H2,1-2H3/t15-/m0/s1. The highest BCUT2D eigenvalue weighted by atomic mass is 32.3. The average Bonchev–Trinajstić information content (AvgIpc) is 2.77. The molecule has 0 aromatic heterocycles. The van der Waals surface area contributed by atoms with E-state index >= 15 is 0 Å². The Balaban J connectivity index is 2.07. The molecule has 124 valence electrons. The first kappa shape index (κ1) is 16.1. The molecule has 0 fully saturated rings. The van der Waals surface area contributed by atoms with Gasteiger partial charge in [-0.05, 0) is 48.7 Å². The number of fused-ring (bicyclic) bond motifs is 1. The summed E-state index contributed by atoms with van der Waals surface area (Å²) in [5.74, 6) is 0. The van der Waals surface area contributed by atoms with Gasteiger partial charge in [0, 0.05) is 7.05 Å². The van der Waals surface area contributed by atoms with Crippen LogP contribution in [0.25, 0.3) is 0 Å². The first-order valence-electron chi connectivity index (χ1n) is 7.67. The molecule has 3 N–H and O–H groups in total. The van der Waals surface area contributed by atoms with Crippen LogP contribution in [0, 0.1) is 0 Å². The van der Waals surface area contributed by atoms with Gasteiger partial charge in [0.1, 0.15) is 0 Å². The van der Waals surface area contributed by atoms with E-state index in [1.54, 1.807) is 15.7 Å². The minimum atomic E-state index is -3.06. The summed E-state index contributed by atoms with van der Waals surface area (Å²) in [7, 11) is 0.573. The Hall–Kier alpha value is -1.73. The highest BCUT2D eigenvalue weighted by molar-refractivity contribution is 8.26. The molecule has 0 saturated carbocycles. The number of nitrogens with one attached hydrogen (secondary N) is 1. The molecule has 1 atom stereocenters. The maximum absolute atomic E-state index is 10.8. The number of rotatable bonds is 5. The summed E-state index contributed by atoms with van der Waals surface area (Å²) in [4.78, 5) is 0. The van der Waals surface area contributed by atoms with Crippen molar-refractivity contribution in [1.29, 1.82) is 0 Å². The summed E-state index contributed by atoms with van der Waals surface area (Å²) in [6, 6.07) is 17.6. The van der Waals surface area contributed by atoms with Gasteiger partial charge in [-0.1, -0.05) is 42.5 Å². The van der Waals surface area contributed by atoms with Crippen LogP contribution in [0.15, 0.2) is 54.6 Å². The van der Waals surface area contributed by atoms with Gasteiger partial charge in [0.15, 0.2) is 0 Å². The molecule has 3 rings (SSSR count). The molecule has 1 aliphatic heterocycles. The lowest BCUT2D eigenvalue weighted by Gasteiger charge is -2.46. The van der Waals surface area contributed by atoms with Crippen molar-refractivity contribution in [3.8, 4) is 0 Å². The van der Waals surface area contributed by atoms with Gasteiger partial charge < -0.3 is 5.32 Å². The van der Waals surface area contributed by atoms with Crippen molar-refractivity contribution in [2.45, 2.75) is 12.5 Å². The fourth-order valence-electron chi connectivity index (χ4n) is 3.03. The molecule has 1 aliphatic rings. The van der Waals surface area contributed by atoms with Gasteiger partial charge in [-0.2, -0.15) is 0 Å². The van der Waals surface area contributed by atoms with Crippen molar-refractivity contribution >= 4 is 22.3 Å². The summed E-state index contributed by atoms with van der Waals surface area (Å²) >= 11 is 0.